The summed E-state index contributed by atoms with van der Waals surface area (Å²) >= 11 is 0. The number of hydrogen-bond donors (Lipinski definition) is 4. The zero-order valence-electron chi connectivity index (χ0n) is 62.8. The van der Waals surface area contributed by atoms with Crippen molar-refractivity contribution in [2.75, 3.05) is 68.7 Å². The van der Waals surface area contributed by atoms with Gasteiger partial charge in [-0.1, -0.05) is 160 Å². The summed E-state index contributed by atoms with van der Waals surface area (Å²) in [5.41, 5.74) is 10.9. The average Bonchev–Trinajstić information content (AvgIpc) is 0.844. The molecule has 21 heteroatoms. The number of carbonyl (C=O) groups excluding carboxylic acids is 7. The van der Waals surface area contributed by atoms with Crippen LogP contribution in [-0.4, -0.2) is 103 Å². The summed E-state index contributed by atoms with van der Waals surface area (Å²) in [5.74, 6) is 0.563. The molecule has 0 aliphatic carbocycles. The molecule has 8 aromatic carbocycles. The van der Waals surface area contributed by atoms with E-state index in [0.717, 1.165) is 46.7 Å². The number of carbonyl (C=O) groups is 7. The first-order valence-corrected chi connectivity index (χ1v) is 35.0. The van der Waals surface area contributed by atoms with Crippen molar-refractivity contribution in [3.05, 3.63) is 221 Å². The molecular weight excluding hydrogens is 1340 g/mol. The zero-order valence-corrected chi connectivity index (χ0v) is 63.6. The number of hydrogen-bond acceptors (Lipinski definition) is 16. The van der Waals surface area contributed by atoms with Gasteiger partial charge in [0.25, 0.3) is 0 Å². The number of fused-ring (bicyclic) bond motifs is 1. The molecule has 4 N–H and O–H groups in total. The van der Waals surface area contributed by atoms with Crippen LogP contribution in [0.5, 0.6) is 17.2 Å². The van der Waals surface area contributed by atoms with Crippen molar-refractivity contribution in [2.24, 2.45) is 0 Å². The summed E-state index contributed by atoms with van der Waals surface area (Å²) in [6.07, 6.45) is 1.87. The standard InChI is InChI=1S/C12H12.C11H16N2O3S.C10H13NO2.C9H11NO.2C9H10O2.C9H12.2C6H12O3.2CH4/c1-9-3-5-12-8-10(2)4-6-11(12)7-9;1-3-7-12-17(15,16)11-6-4-5-10(8-11)13-9(2)14;1-3-13-10-6-4-5-9(7-10)11-8(2)12;1-7-4-3-5-9(6-7)10-8(2)11;1-7-3-5-9(6-4-7)11-8(2)10;1-7-4-3-5-9(6-7)11-8(2)10;1-3-9-6-4-8(2)5-7-9;2*1-3-8-4-5-9-6(2)7;;/h3-8H,1-2H3;4-6,8,12H,3,7H2,1-2H3,(H,13,14);4-7H,3H2,1-2H3,(H,11,12);3-6H,1-2H3,(H,10,11);2*3-6H,1-2H3;4-7H,3H2,1-2H3;2*3-5H2,1-2H3;2*1H4. The molecule has 0 unspecified atom stereocenters. The van der Waals surface area contributed by atoms with Gasteiger partial charge in [0.15, 0.2) is 0 Å². The van der Waals surface area contributed by atoms with E-state index in [2.05, 4.69) is 119 Å². The Bertz CT molecular complexity index is 3740. The predicted octanol–water partition coefficient (Wildman–Crippen LogP) is 17.6. The van der Waals surface area contributed by atoms with E-state index in [1.54, 1.807) is 36.4 Å². The van der Waals surface area contributed by atoms with Crippen molar-refractivity contribution in [3.63, 3.8) is 0 Å². The number of amides is 3. The van der Waals surface area contributed by atoms with E-state index < -0.39 is 10.0 Å². The number of benzene rings is 8. The molecule has 0 aliphatic heterocycles. The molecule has 0 aliphatic rings. The van der Waals surface area contributed by atoms with Crippen molar-refractivity contribution in [3.8, 4) is 17.2 Å². The van der Waals surface area contributed by atoms with Crippen LogP contribution in [0.4, 0.5) is 17.1 Å². The number of aryl methyl sites for hydroxylation is 7. The second-order valence-electron chi connectivity index (χ2n) is 22.4. The van der Waals surface area contributed by atoms with Crippen LogP contribution < -0.4 is 34.9 Å². The first-order chi connectivity index (χ1) is 48.3. The van der Waals surface area contributed by atoms with Gasteiger partial charge in [0.05, 0.1) is 24.7 Å². The predicted molar refractivity (Wildman–Crippen MR) is 422 cm³/mol. The molecule has 0 aromatic heterocycles. The fourth-order valence-electron chi connectivity index (χ4n) is 7.93. The highest BCUT2D eigenvalue weighted by Gasteiger charge is 2.13. The van der Waals surface area contributed by atoms with E-state index in [1.807, 2.05) is 121 Å². The number of sulfonamides is 1. The molecule has 0 atom stereocenters. The Morgan fingerprint density at radius 3 is 1.15 bits per heavy atom. The van der Waals surface area contributed by atoms with E-state index in [0.29, 0.717) is 70.0 Å². The second-order valence-corrected chi connectivity index (χ2v) is 24.2. The van der Waals surface area contributed by atoms with Crippen LogP contribution in [0.2, 0.25) is 0 Å². The van der Waals surface area contributed by atoms with E-state index >= 15 is 0 Å². The molecule has 0 heterocycles. The van der Waals surface area contributed by atoms with Crippen molar-refractivity contribution >= 4 is 79.5 Å². The third kappa shape index (κ3) is 52.9. The maximum absolute atomic E-state index is 11.8. The van der Waals surface area contributed by atoms with Gasteiger partial charge in [0, 0.05) is 91.4 Å². The highest BCUT2D eigenvalue weighted by Crippen LogP contribution is 2.20. The zero-order chi connectivity index (χ0) is 76.8. The highest BCUT2D eigenvalue weighted by atomic mass is 32.2. The molecule has 0 saturated heterocycles. The van der Waals surface area contributed by atoms with Gasteiger partial charge in [0.2, 0.25) is 27.7 Å². The Labute approximate surface area is 620 Å². The van der Waals surface area contributed by atoms with Crippen molar-refractivity contribution in [1.29, 1.82) is 0 Å². The smallest absolute Gasteiger partial charge is 0.308 e. The summed E-state index contributed by atoms with van der Waals surface area (Å²) in [6.45, 7) is 36.0. The van der Waals surface area contributed by atoms with Gasteiger partial charge in [0.1, 0.15) is 30.5 Å². The van der Waals surface area contributed by atoms with Crippen molar-refractivity contribution in [2.45, 2.75) is 157 Å². The van der Waals surface area contributed by atoms with Gasteiger partial charge in [-0.15, -0.1) is 0 Å². The maximum atomic E-state index is 11.8. The number of ether oxygens (including phenoxy) is 7. The molecule has 0 bridgehead atoms. The molecule has 0 saturated carbocycles. The monoisotopic (exact) mass is 1460 g/mol. The van der Waals surface area contributed by atoms with E-state index in [9.17, 15) is 42.0 Å². The second kappa shape index (κ2) is 58.4. The summed E-state index contributed by atoms with van der Waals surface area (Å²) in [6, 6.07) is 57.7. The molecule has 0 radical (unpaired) electrons. The fourth-order valence-corrected chi connectivity index (χ4v) is 9.11. The number of rotatable bonds is 20. The van der Waals surface area contributed by atoms with Crippen LogP contribution in [0.1, 0.15) is 143 Å². The van der Waals surface area contributed by atoms with Crippen LogP contribution in [-0.2, 0) is 69.0 Å². The van der Waals surface area contributed by atoms with Crippen molar-refractivity contribution < 1.29 is 75.1 Å². The largest absolute Gasteiger partial charge is 0.494 e. The third-order valence-corrected chi connectivity index (χ3v) is 14.0. The molecule has 104 heavy (non-hydrogen) atoms. The van der Waals surface area contributed by atoms with Crippen LogP contribution >= 0.6 is 0 Å². The normalized spacial score (nSPS) is 9.56. The number of nitrogens with one attached hydrogen (secondary N) is 4. The van der Waals surface area contributed by atoms with Gasteiger partial charge in [-0.25, -0.2) is 13.1 Å². The molecule has 0 spiro atoms. The quantitative estimate of drug-likeness (QED) is 0.0314. The molecule has 0 fully saturated rings. The lowest BCUT2D eigenvalue weighted by Crippen LogP contribution is -2.24. The summed E-state index contributed by atoms with van der Waals surface area (Å²) in [7, 11) is -3.48. The van der Waals surface area contributed by atoms with E-state index in [1.165, 1.54) is 93.6 Å². The molecule has 3 amide bonds. The van der Waals surface area contributed by atoms with Gasteiger partial charge in [-0.05, 0) is 169 Å². The molecule has 570 valence electrons. The van der Waals surface area contributed by atoms with Crippen LogP contribution in [0.15, 0.2) is 187 Å². The Hall–Kier alpha value is -10.1. The summed E-state index contributed by atoms with van der Waals surface area (Å²) in [4.78, 5) is 73.6. The Morgan fingerprint density at radius 1 is 0.365 bits per heavy atom. The maximum Gasteiger partial charge on any atom is 0.308 e. The lowest BCUT2D eigenvalue weighted by molar-refractivity contribution is -0.143. The molecular formula is C83H116N4O16S. The van der Waals surface area contributed by atoms with Gasteiger partial charge in [-0.2, -0.15) is 0 Å². The Balaban J connectivity index is -0.00000111. The van der Waals surface area contributed by atoms with Crippen LogP contribution in [0.3, 0.4) is 0 Å². The third-order valence-electron chi connectivity index (χ3n) is 12.5. The SMILES string of the molecule is C.C.CC(=O)Nc1cccc(C)c1.CC(=O)Oc1ccc(C)cc1.CC(=O)Oc1cccc(C)c1.CCCNS(=O)(=O)c1cccc(NC(C)=O)c1.CCOCCOC(C)=O.CCOCCOC(C)=O.CCOc1cccc(NC(C)=O)c1.CCc1ccc(C)cc1.Cc1ccc2cc(C)ccc2c1. The van der Waals surface area contributed by atoms with E-state index in [-0.39, 0.29) is 61.3 Å². The number of esters is 4. The van der Waals surface area contributed by atoms with Crippen molar-refractivity contribution in [1.82, 2.24) is 4.72 Å². The first-order valence-electron chi connectivity index (χ1n) is 33.5. The molecule has 8 rings (SSSR count). The van der Waals surface area contributed by atoms with Gasteiger partial charge in [-0.3, -0.25) is 33.6 Å². The Morgan fingerprint density at radius 2 is 0.750 bits per heavy atom. The minimum atomic E-state index is -3.48. The van der Waals surface area contributed by atoms with Gasteiger partial charge >= 0.3 is 23.9 Å². The van der Waals surface area contributed by atoms with Crippen LogP contribution in [0.25, 0.3) is 10.8 Å². The van der Waals surface area contributed by atoms with E-state index in [4.69, 9.17) is 23.7 Å². The molecule has 20 nitrogen and oxygen atoms in total. The highest BCUT2D eigenvalue weighted by molar-refractivity contribution is 7.89. The topological polar surface area (TPSA) is 266 Å². The minimum absolute atomic E-state index is 0. The first kappa shape index (κ1) is 98.1. The van der Waals surface area contributed by atoms with Crippen LogP contribution in [0, 0.1) is 41.5 Å². The lowest BCUT2D eigenvalue weighted by atomic mass is 10.1. The summed E-state index contributed by atoms with van der Waals surface area (Å²) in [5, 5.41) is 10.6. The molecule has 8 aromatic rings. The minimum Gasteiger partial charge on any atom is -0.494 e. The number of anilines is 3. The Kier molecular flexibility index (Phi) is 55.1. The summed E-state index contributed by atoms with van der Waals surface area (Å²) < 4.78 is 60.0. The average molecular weight is 1460 g/mol. The fraction of sp³-hybridized carbons (Fsp3) is 0.361. The van der Waals surface area contributed by atoms with Gasteiger partial charge < -0.3 is 49.1 Å². The lowest BCUT2D eigenvalue weighted by Gasteiger charge is -2.07.